The first-order valence-electron chi connectivity index (χ1n) is 11.9. The standard InChI is InChI=1S/C27H32N2O/c1-18-11-24(28-22-7-3-2-4-8-22)23-9-5-6-10-25(23)29(18)26(30)27-15-19-12-20(16-27)14-21(13-19)17-27/h2-10,18-21,24,28H,11-17H2,1H3/t18-,19?,20?,21?,24-,27?/m1/s1. The molecule has 2 aromatic rings. The average molecular weight is 401 g/mol. The van der Waals surface area contributed by atoms with Gasteiger partial charge in [-0.25, -0.2) is 0 Å². The van der Waals surface area contributed by atoms with Crippen molar-refractivity contribution in [3.63, 3.8) is 0 Å². The summed E-state index contributed by atoms with van der Waals surface area (Å²) in [6.45, 7) is 2.24. The number of hydrogen-bond donors (Lipinski definition) is 1. The zero-order valence-corrected chi connectivity index (χ0v) is 17.9. The Balaban J connectivity index is 1.34. The van der Waals surface area contributed by atoms with Gasteiger partial charge in [-0.3, -0.25) is 4.79 Å². The Hall–Kier alpha value is -2.29. The van der Waals surface area contributed by atoms with Crippen molar-refractivity contribution >= 4 is 17.3 Å². The second-order valence-electron chi connectivity index (χ2n) is 10.6. The number of fused-ring (bicyclic) bond motifs is 1. The van der Waals surface area contributed by atoms with E-state index in [1.165, 1.54) is 24.8 Å². The largest absolute Gasteiger partial charge is 0.378 e. The van der Waals surface area contributed by atoms with Crippen LogP contribution in [0.5, 0.6) is 0 Å². The van der Waals surface area contributed by atoms with Gasteiger partial charge >= 0.3 is 0 Å². The van der Waals surface area contributed by atoms with E-state index in [1.807, 2.05) is 0 Å². The summed E-state index contributed by atoms with van der Waals surface area (Å²) in [4.78, 5) is 16.4. The number of carbonyl (C=O) groups is 1. The summed E-state index contributed by atoms with van der Waals surface area (Å²) in [7, 11) is 0. The molecule has 2 aromatic carbocycles. The Kier molecular flexibility index (Phi) is 4.23. The highest BCUT2D eigenvalue weighted by Gasteiger charge is 2.56. The van der Waals surface area contributed by atoms with Crippen LogP contribution in [-0.4, -0.2) is 11.9 Å². The number of nitrogens with one attached hydrogen (secondary N) is 1. The molecule has 4 saturated carbocycles. The third-order valence-electron chi connectivity index (χ3n) is 8.41. The van der Waals surface area contributed by atoms with Gasteiger partial charge in [-0.15, -0.1) is 0 Å². The van der Waals surface area contributed by atoms with Crippen LogP contribution in [0.15, 0.2) is 54.6 Å². The van der Waals surface area contributed by atoms with Crippen molar-refractivity contribution < 1.29 is 4.79 Å². The molecular formula is C27H32N2O. The number of benzene rings is 2. The minimum absolute atomic E-state index is 0.0875. The molecule has 5 aliphatic rings. The smallest absolute Gasteiger partial charge is 0.233 e. The molecule has 1 aliphatic heterocycles. The van der Waals surface area contributed by atoms with E-state index in [9.17, 15) is 4.79 Å². The SMILES string of the molecule is C[C@@H]1C[C@@H](Nc2ccccc2)c2ccccc2N1C(=O)C12CC3CC(CC(C3)C1)C2. The number of rotatable bonds is 3. The summed E-state index contributed by atoms with van der Waals surface area (Å²) < 4.78 is 0. The number of carbonyl (C=O) groups excluding carboxylic acids is 1. The van der Waals surface area contributed by atoms with Crippen molar-refractivity contribution in [1.29, 1.82) is 0 Å². The van der Waals surface area contributed by atoms with Crippen molar-refractivity contribution in [2.75, 3.05) is 10.2 Å². The molecule has 0 unspecified atom stereocenters. The number of anilines is 2. The summed E-state index contributed by atoms with van der Waals surface area (Å²) in [5.74, 6) is 2.81. The molecule has 0 spiro atoms. The van der Waals surface area contributed by atoms with Crippen LogP contribution in [0.4, 0.5) is 11.4 Å². The highest BCUT2D eigenvalue weighted by atomic mass is 16.2. The summed E-state index contributed by atoms with van der Waals surface area (Å²) in [6.07, 6.45) is 8.48. The maximum atomic E-state index is 14.2. The fraction of sp³-hybridized carbons (Fsp3) is 0.519. The highest BCUT2D eigenvalue weighted by molar-refractivity contribution is 5.99. The van der Waals surface area contributed by atoms with Crippen LogP contribution in [0.2, 0.25) is 0 Å². The van der Waals surface area contributed by atoms with Crippen LogP contribution in [0, 0.1) is 23.2 Å². The minimum Gasteiger partial charge on any atom is -0.378 e. The molecule has 1 amide bonds. The number of hydrogen-bond acceptors (Lipinski definition) is 2. The lowest BCUT2D eigenvalue weighted by Gasteiger charge is -2.57. The molecule has 7 rings (SSSR count). The molecule has 0 aromatic heterocycles. The molecule has 0 saturated heterocycles. The van der Waals surface area contributed by atoms with E-state index in [0.29, 0.717) is 5.91 Å². The molecule has 3 heteroatoms. The lowest BCUT2D eigenvalue weighted by atomic mass is 9.49. The van der Waals surface area contributed by atoms with Gasteiger partial charge in [-0.1, -0.05) is 36.4 Å². The summed E-state index contributed by atoms with van der Waals surface area (Å²) in [5, 5.41) is 3.72. The zero-order valence-electron chi connectivity index (χ0n) is 17.9. The minimum atomic E-state index is -0.0875. The monoisotopic (exact) mass is 400 g/mol. The van der Waals surface area contributed by atoms with Gasteiger partial charge in [0.1, 0.15) is 0 Å². The van der Waals surface area contributed by atoms with E-state index in [4.69, 9.17) is 0 Å². The molecule has 30 heavy (non-hydrogen) atoms. The van der Waals surface area contributed by atoms with Gasteiger partial charge in [0.2, 0.25) is 5.91 Å². The first kappa shape index (κ1) is 18.5. The van der Waals surface area contributed by atoms with E-state index in [1.54, 1.807) is 0 Å². The third kappa shape index (κ3) is 2.89. The first-order chi connectivity index (χ1) is 14.6. The maximum absolute atomic E-state index is 14.2. The van der Waals surface area contributed by atoms with E-state index in [0.717, 1.165) is 54.8 Å². The van der Waals surface area contributed by atoms with E-state index in [2.05, 4.69) is 71.7 Å². The van der Waals surface area contributed by atoms with Gasteiger partial charge in [0.15, 0.2) is 0 Å². The van der Waals surface area contributed by atoms with Gasteiger partial charge in [-0.05, 0) is 93.4 Å². The van der Waals surface area contributed by atoms with Crippen LogP contribution >= 0.6 is 0 Å². The fourth-order valence-corrected chi connectivity index (χ4v) is 7.62. The van der Waals surface area contributed by atoms with E-state index < -0.39 is 0 Å². The van der Waals surface area contributed by atoms with Crippen molar-refractivity contribution in [3.05, 3.63) is 60.2 Å². The molecule has 2 atom stereocenters. The molecule has 156 valence electrons. The van der Waals surface area contributed by atoms with E-state index >= 15 is 0 Å². The van der Waals surface area contributed by atoms with Crippen LogP contribution < -0.4 is 10.2 Å². The third-order valence-corrected chi connectivity index (χ3v) is 8.41. The normalized spacial score (nSPS) is 36.4. The van der Waals surface area contributed by atoms with Gasteiger partial charge in [-0.2, -0.15) is 0 Å². The molecular weight excluding hydrogens is 368 g/mol. The summed E-state index contributed by atoms with van der Waals surface area (Å²) >= 11 is 0. The van der Waals surface area contributed by atoms with Crippen LogP contribution in [0.3, 0.4) is 0 Å². The lowest BCUT2D eigenvalue weighted by molar-refractivity contribution is -0.144. The summed E-state index contributed by atoms with van der Waals surface area (Å²) in [5.41, 5.74) is 3.45. The first-order valence-corrected chi connectivity index (χ1v) is 11.9. The van der Waals surface area contributed by atoms with Crippen LogP contribution in [0.1, 0.15) is 63.5 Å². The molecule has 1 N–H and O–H groups in total. The Morgan fingerprint density at radius 1 is 0.867 bits per heavy atom. The fourth-order valence-electron chi connectivity index (χ4n) is 7.62. The maximum Gasteiger partial charge on any atom is 0.233 e. The number of amides is 1. The topological polar surface area (TPSA) is 32.3 Å². The molecule has 4 fully saturated rings. The van der Waals surface area contributed by atoms with Crippen LogP contribution in [0.25, 0.3) is 0 Å². The van der Waals surface area contributed by atoms with Crippen molar-refractivity contribution in [3.8, 4) is 0 Å². The lowest BCUT2D eigenvalue weighted by Crippen LogP contribution is -2.57. The van der Waals surface area contributed by atoms with Gasteiger partial charge in [0.25, 0.3) is 0 Å². The van der Waals surface area contributed by atoms with E-state index in [-0.39, 0.29) is 17.5 Å². The molecule has 1 heterocycles. The van der Waals surface area contributed by atoms with Gasteiger partial charge < -0.3 is 10.2 Å². The Labute approximate surface area is 179 Å². The second kappa shape index (κ2) is 6.87. The number of nitrogens with zero attached hydrogens (tertiary/aromatic N) is 1. The molecule has 4 aliphatic carbocycles. The Morgan fingerprint density at radius 2 is 1.47 bits per heavy atom. The van der Waals surface area contributed by atoms with Gasteiger partial charge in [0.05, 0.1) is 11.5 Å². The van der Waals surface area contributed by atoms with Crippen molar-refractivity contribution in [2.45, 2.75) is 64.0 Å². The van der Waals surface area contributed by atoms with Gasteiger partial charge in [0, 0.05) is 17.4 Å². The highest BCUT2D eigenvalue weighted by Crippen LogP contribution is 2.61. The second-order valence-corrected chi connectivity index (χ2v) is 10.6. The molecule has 3 nitrogen and oxygen atoms in total. The quantitative estimate of drug-likeness (QED) is 0.667. The van der Waals surface area contributed by atoms with Crippen LogP contribution in [-0.2, 0) is 4.79 Å². The average Bonchev–Trinajstić information content (AvgIpc) is 2.73. The predicted molar refractivity (Wildman–Crippen MR) is 121 cm³/mol. The Morgan fingerprint density at radius 3 is 2.13 bits per heavy atom. The zero-order chi connectivity index (χ0) is 20.3. The summed E-state index contributed by atoms with van der Waals surface area (Å²) in [6, 6.07) is 19.5. The molecule has 4 bridgehead atoms. The number of para-hydroxylation sites is 2. The van der Waals surface area contributed by atoms with Crippen molar-refractivity contribution in [2.24, 2.45) is 23.2 Å². The van der Waals surface area contributed by atoms with Crippen molar-refractivity contribution in [1.82, 2.24) is 0 Å². The molecule has 0 radical (unpaired) electrons. The Bertz CT molecular complexity index is 917. The predicted octanol–water partition coefficient (Wildman–Crippen LogP) is 6.18.